The molecule has 174 valence electrons. The van der Waals surface area contributed by atoms with Crippen molar-refractivity contribution < 1.29 is 14.3 Å². The van der Waals surface area contributed by atoms with Gasteiger partial charge in [-0.3, -0.25) is 4.79 Å². The summed E-state index contributed by atoms with van der Waals surface area (Å²) in [5.74, 6) is -1.05. The van der Waals surface area contributed by atoms with Crippen molar-refractivity contribution in [2.45, 2.75) is 20.8 Å². The number of carbonyl (C=O) groups is 2. The fraction of sp³-hybridized carbons (Fsp3) is 0.154. The van der Waals surface area contributed by atoms with Gasteiger partial charge >= 0.3 is 5.97 Å². The van der Waals surface area contributed by atoms with Crippen molar-refractivity contribution in [3.8, 4) is 5.69 Å². The highest BCUT2D eigenvalue weighted by molar-refractivity contribution is 9.10. The Bertz CT molecular complexity index is 1390. The Labute approximate surface area is 216 Å². The molecule has 0 amide bonds. The highest BCUT2D eigenvalue weighted by Crippen LogP contribution is 2.37. The minimum absolute atomic E-state index is 0.0197. The number of Topliss-reactive ketones (excluding diaryl/α,β-unsaturated/α-hetero) is 1. The first-order chi connectivity index (χ1) is 16.1. The number of aromatic nitrogens is 1. The van der Waals surface area contributed by atoms with Gasteiger partial charge in [0.2, 0.25) is 5.78 Å². The third kappa shape index (κ3) is 4.22. The van der Waals surface area contributed by atoms with Gasteiger partial charge in [0, 0.05) is 32.3 Å². The molecule has 8 heteroatoms. The summed E-state index contributed by atoms with van der Waals surface area (Å²) in [6, 6.07) is 14.8. The van der Waals surface area contributed by atoms with Gasteiger partial charge in [0.25, 0.3) is 0 Å². The number of ether oxygens (including phenoxy) is 1. The quantitative estimate of drug-likeness (QED) is 0.195. The van der Waals surface area contributed by atoms with Crippen LogP contribution in [0.3, 0.4) is 0 Å². The number of benzene rings is 2. The molecule has 0 fully saturated rings. The maximum absolute atomic E-state index is 13.4. The summed E-state index contributed by atoms with van der Waals surface area (Å²) in [7, 11) is 1.27. The van der Waals surface area contributed by atoms with Crippen LogP contribution in [0, 0.1) is 13.8 Å². The van der Waals surface area contributed by atoms with Crippen LogP contribution in [-0.4, -0.2) is 23.4 Å². The van der Waals surface area contributed by atoms with E-state index in [1.807, 2.05) is 54.8 Å². The molecule has 0 unspecified atom stereocenters. The smallest absolute Gasteiger partial charge is 0.343 e. The van der Waals surface area contributed by atoms with Crippen LogP contribution in [0.25, 0.3) is 11.8 Å². The molecule has 34 heavy (non-hydrogen) atoms. The topological polar surface area (TPSA) is 51.5 Å². The number of carbonyl (C=O) groups excluding carboxylic acids is 2. The van der Waals surface area contributed by atoms with Gasteiger partial charge in [-0.2, -0.15) is 0 Å². The van der Waals surface area contributed by atoms with E-state index in [1.165, 1.54) is 7.11 Å². The lowest BCUT2D eigenvalue weighted by molar-refractivity contribution is -0.137. The van der Waals surface area contributed by atoms with Gasteiger partial charge in [0.1, 0.15) is 5.57 Å². The number of aryl methyl sites for hydroxylation is 1. The van der Waals surface area contributed by atoms with Crippen molar-refractivity contribution in [2.75, 3.05) is 12.0 Å². The van der Waals surface area contributed by atoms with Crippen molar-refractivity contribution in [1.82, 2.24) is 4.57 Å². The van der Waals surface area contributed by atoms with E-state index in [0.29, 0.717) is 21.4 Å². The van der Waals surface area contributed by atoms with Gasteiger partial charge in [-0.1, -0.05) is 39.1 Å². The molecule has 0 spiro atoms. The van der Waals surface area contributed by atoms with Crippen LogP contribution >= 0.6 is 39.1 Å². The number of ketones is 1. The van der Waals surface area contributed by atoms with E-state index in [9.17, 15) is 9.59 Å². The SMILES string of the molecule is COC(=O)C1=C(C)N(c2ccc(Br)cc2)/C(=C\c2cc(C)n(-c3ccc(Cl)cc3Cl)c2C)C1=O. The van der Waals surface area contributed by atoms with Gasteiger partial charge in [0.05, 0.1) is 23.5 Å². The summed E-state index contributed by atoms with van der Waals surface area (Å²) in [5.41, 5.74) is 5.10. The van der Waals surface area contributed by atoms with E-state index < -0.39 is 5.97 Å². The van der Waals surface area contributed by atoms with E-state index >= 15 is 0 Å². The lowest BCUT2D eigenvalue weighted by Gasteiger charge is -2.21. The van der Waals surface area contributed by atoms with Gasteiger partial charge in [0.15, 0.2) is 0 Å². The molecule has 1 aliphatic rings. The first-order valence-electron chi connectivity index (χ1n) is 10.4. The molecule has 0 saturated carbocycles. The Kier molecular flexibility index (Phi) is 6.76. The Morgan fingerprint density at radius 2 is 1.71 bits per heavy atom. The molecule has 1 aromatic heterocycles. The Balaban J connectivity index is 1.88. The predicted octanol–water partition coefficient (Wildman–Crippen LogP) is 7.04. The lowest BCUT2D eigenvalue weighted by Crippen LogP contribution is -2.18. The highest BCUT2D eigenvalue weighted by Gasteiger charge is 2.38. The molecular weight excluding hydrogens is 539 g/mol. The fourth-order valence-corrected chi connectivity index (χ4v) is 4.95. The number of esters is 1. The highest BCUT2D eigenvalue weighted by atomic mass is 79.9. The number of rotatable bonds is 4. The molecule has 0 radical (unpaired) electrons. The standard InChI is InChI=1S/C26H21BrCl2N2O3/c1-14-11-17(15(2)30(14)22-10-7-19(28)13-21(22)29)12-23-25(32)24(26(33)34-4)16(3)31(23)20-8-5-18(27)6-9-20/h5-13H,1-4H3/b23-12-. The van der Waals surface area contributed by atoms with Gasteiger partial charge in [-0.25, -0.2) is 4.79 Å². The summed E-state index contributed by atoms with van der Waals surface area (Å²) in [4.78, 5) is 27.6. The zero-order valence-electron chi connectivity index (χ0n) is 18.9. The maximum Gasteiger partial charge on any atom is 0.343 e. The van der Waals surface area contributed by atoms with E-state index in [0.717, 1.165) is 32.8 Å². The number of hydrogen-bond acceptors (Lipinski definition) is 4. The summed E-state index contributed by atoms with van der Waals surface area (Å²) in [5, 5.41) is 1.07. The number of allylic oxidation sites excluding steroid dienone is 2. The summed E-state index contributed by atoms with van der Waals surface area (Å²) in [6.07, 6.45) is 1.80. The maximum atomic E-state index is 13.4. The predicted molar refractivity (Wildman–Crippen MR) is 140 cm³/mol. The van der Waals surface area contributed by atoms with Crippen LogP contribution in [0.15, 0.2) is 70.0 Å². The van der Waals surface area contributed by atoms with Crippen LogP contribution in [0.2, 0.25) is 10.0 Å². The molecule has 0 saturated heterocycles. The normalized spacial score (nSPS) is 15.0. The molecular formula is C26H21BrCl2N2O3. The van der Waals surface area contributed by atoms with E-state index in [1.54, 1.807) is 30.0 Å². The average Bonchev–Trinajstić information content (AvgIpc) is 3.20. The van der Waals surface area contributed by atoms with E-state index in [2.05, 4.69) is 15.9 Å². The zero-order valence-corrected chi connectivity index (χ0v) is 22.0. The number of methoxy groups -OCH3 is 1. The first-order valence-corrected chi connectivity index (χ1v) is 11.9. The van der Waals surface area contributed by atoms with Crippen LogP contribution in [0.5, 0.6) is 0 Å². The molecule has 3 aromatic rings. The minimum atomic E-state index is -0.661. The van der Waals surface area contributed by atoms with Crippen molar-refractivity contribution >= 4 is 62.6 Å². The van der Waals surface area contributed by atoms with Crippen molar-refractivity contribution in [1.29, 1.82) is 0 Å². The Morgan fingerprint density at radius 1 is 1.03 bits per heavy atom. The van der Waals surface area contributed by atoms with Gasteiger partial charge in [-0.05, 0) is 80.9 Å². The molecule has 0 N–H and O–H groups in total. The van der Waals surface area contributed by atoms with Crippen LogP contribution < -0.4 is 4.90 Å². The number of anilines is 1. The fourth-order valence-electron chi connectivity index (χ4n) is 4.20. The average molecular weight is 560 g/mol. The lowest BCUT2D eigenvalue weighted by atomic mass is 10.1. The molecule has 2 heterocycles. The Hall–Kier alpha value is -2.80. The second kappa shape index (κ2) is 9.45. The molecule has 5 nitrogen and oxygen atoms in total. The largest absolute Gasteiger partial charge is 0.465 e. The minimum Gasteiger partial charge on any atom is -0.465 e. The van der Waals surface area contributed by atoms with Crippen molar-refractivity contribution in [3.05, 3.63) is 97.0 Å². The third-order valence-electron chi connectivity index (χ3n) is 5.79. The number of nitrogens with zero attached hydrogens (tertiary/aromatic N) is 2. The van der Waals surface area contributed by atoms with Crippen LogP contribution in [0.1, 0.15) is 23.9 Å². The molecule has 0 bridgehead atoms. The van der Waals surface area contributed by atoms with Crippen molar-refractivity contribution in [3.63, 3.8) is 0 Å². The second-order valence-corrected chi connectivity index (χ2v) is 9.64. The van der Waals surface area contributed by atoms with Crippen LogP contribution in [-0.2, 0) is 14.3 Å². The van der Waals surface area contributed by atoms with E-state index in [-0.39, 0.29) is 11.4 Å². The summed E-state index contributed by atoms with van der Waals surface area (Å²) < 4.78 is 7.81. The van der Waals surface area contributed by atoms with Gasteiger partial charge in [-0.15, -0.1) is 0 Å². The molecule has 1 aliphatic heterocycles. The Morgan fingerprint density at radius 3 is 2.32 bits per heavy atom. The summed E-state index contributed by atoms with van der Waals surface area (Å²) >= 11 is 16.0. The van der Waals surface area contributed by atoms with E-state index in [4.69, 9.17) is 27.9 Å². The van der Waals surface area contributed by atoms with Gasteiger partial charge < -0.3 is 14.2 Å². The monoisotopic (exact) mass is 558 g/mol. The third-order valence-corrected chi connectivity index (χ3v) is 6.85. The van der Waals surface area contributed by atoms with Crippen molar-refractivity contribution in [2.24, 2.45) is 0 Å². The molecule has 0 atom stereocenters. The van der Waals surface area contributed by atoms with Crippen LogP contribution in [0.4, 0.5) is 5.69 Å². The molecule has 2 aromatic carbocycles. The number of hydrogen-bond donors (Lipinski definition) is 0. The summed E-state index contributed by atoms with van der Waals surface area (Å²) in [6.45, 7) is 5.66. The first kappa shape index (κ1) is 24.3. The molecule has 4 rings (SSSR count). The second-order valence-electron chi connectivity index (χ2n) is 7.88. The molecule has 0 aliphatic carbocycles. The zero-order chi connectivity index (χ0) is 24.7. The number of halogens is 3.